The van der Waals surface area contributed by atoms with Gasteiger partial charge >= 0.3 is 11.9 Å². The third-order valence-corrected chi connectivity index (χ3v) is 5.07. The Kier molecular flexibility index (Phi) is 8.16. The molecule has 0 aliphatic carbocycles. The molecule has 0 bridgehead atoms. The van der Waals surface area contributed by atoms with Crippen LogP contribution in [0.3, 0.4) is 0 Å². The molecule has 0 aromatic heterocycles. The van der Waals surface area contributed by atoms with Gasteiger partial charge in [-0.15, -0.1) is 0 Å². The van der Waals surface area contributed by atoms with Gasteiger partial charge in [0.1, 0.15) is 22.7 Å². The predicted molar refractivity (Wildman–Crippen MR) is 138 cm³/mol. The summed E-state index contributed by atoms with van der Waals surface area (Å²) in [5.74, 6) is 0.596. The molecule has 188 valence electrons. The summed E-state index contributed by atoms with van der Waals surface area (Å²) in [5.41, 5.74) is -1.10. The summed E-state index contributed by atoms with van der Waals surface area (Å²) in [6.07, 6.45) is 0.233. The van der Waals surface area contributed by atoms with Crippen molar-refractivity contribution in [1.29, 1.82) is 0 Å². The van der Waals surface area contributed by atoms with Crippen molar-refractivity contribution in [2.75, 3.05) is 13.2 Å². The van der Waals surface area contributed by atoms with Crippen LogP contribution in [0.4, 0.5) is 0 Å². The zero-order valence-electron chi connectivity index (χ0n) is 21.2. The lowest BCUT2D eigenvalue weighted by Crippen LogP contribution is -2.25. The van der Waals surface area contributed by atoms with E-state index in [0.717, 1.165) is 21.5 Å². The van der Waals surface area contributed by atoms with Gasteiger partial charge in [0.2, 0.25) is 0 Å². The van der Waals surface area contributed by atoms with Crippen LogP contribution in [0, 0.1) is 0 Å². The minimum atomic E-state index is -0.553. The van der Waals surface area contributed by atoms with Crippen LogP contribution in [-0.2, 0) is 19.1 Å². The topological polar surface area (TPSA) is 71.1 Å². The molecule has 0 saturated heterocycles. The smallest absolute Gasteiger partial charge is 0.309 e. The second kappa shape index (κ2) is 10.7. The summed E-state index contributed by atoms with van der Waals surface area (Å²) in [7, 11) is 0. The van der Waals surface area contributed by atoms with Gasteiger partial charge in [0.05, 0.1) is 26.1 Å². The molecular weight excluding hydrogens is 468 g/mol. The van der Waals surface area contributed by atoms with E-state index in [1.54, 1.807) is 6.07 Å². The number of carbonyl (C=O) groups is 2. The number of halogens is 1. The van der Waals surface area contributed by atoms with Crippen molar-refractivity contribution >= 4 is 45.1 Å². The number of hydrogen-bond donors (Lipinski definition) is 0. The maximum atomic E-state index is 12.2. The Morgan fingerprint density at radius 2 is 1.11 bits per heavy atom. The SMILES string of the molecule is CC(C)(C)OC(=O)CCOc1c2ccccc2c(OCCC(=O)OC(C)(C)C)c2cc(Cl)ccc12. The number of hydrogen-bond acceptors (Lipinski definition) is 6. The molecule has 0 unspecified atom stereocenters. The Morgan fingerprint density at radius 3 is 1.57 bits per heavy atom. The minimum Gasteiger partial charge on any atom is -0.492 e. The summed E-state index contributed by atoms with van der Waals surface area (Å²) < 4.78 is 23.0. The summed E-state index contributed by atoms with van der Waals surface area (Å²) in [5, 5.41) is 3.75. The molecule has 0 radical (unpaired) electrons. The van der Waals surface area contributed by atoms with E-state index in [0.29, 0.717) is 16.5 Å². The van der Waals surface area contributed by atoms with Crippen LogP contribution < -0.4 is 9.47 Å². The number of fused-ring (bicyclic) bond motifs is 2. The molecule has 3 rings (SSSR count). The Morgan fingerprint density at radius 1 is 0.686 bits per heavy atom. The summed E-state index contributed by atoms with van der Waals surface area (Å²) in [6, 6.07) is 13.1. The first kappa shape index (κ1) is 26.6. The molecule has 0 N–H and O–H groups in total. The number of ether oxygens (including phenoxy) is 4. The zero-order chi connectivity index (χ0) is 25.8. The van der Waals surface area contributed by atoms with Crippen LogP contribution in [0.2, 0.25) is 5.02 Å². The highest BCUT2D eigenvalue weighted by Gasteiger charge is 2.20. The van der Waals surface area contributed by atoms with Gasteiger partial charge in [-0.1, -0.05) is 35.9 Å². The quantitative estimate of drug-likeness (QED) is 0.248. The molecule has 0 spiro atoms. The fourth-order valence-electron chi connectivity index (χ4n) is 3.64. The van der Waals surface area contributed by atoms with Crippen LogP contribution in [0.5, 0.6) is 11.5 Å². The van der Waals surface area contributed by atoms with Crippen LogP contribution in [0.1, 0.15) is 54.4 Å². The summed E-state index contributed by atoms with van der Waals surface area (Å²) >= 11 is 6.33. The highest BCUT2D eigenvalue weighted by Crippen LogP contribution is 2.43. The zero-order valence-corrected chi connectivity index (χ0v) is 22.0. The van der Waals surface area contributed by atoms with Crippen molar-refractivity contribution in [3.05, 3.63) is 47.5 Å². The Bertz CT molecular complexity index is 1220. The standard InChI is InChI=1S/C28H33ClO6/c1-27(2,3)34-23(30)13-15-32-25-19-9-7-8-10-20(19)26(22-17-18(29)11-12-21(22)25)33-16-14-24(31)35-28(4,5)6/h7-12,17H,13-16H2,1-6H3. The summed E-state index contributed by atoms with van der Waals surface area (Å²) in [4.78, 5) is 24.3. The first-order valence-corrected chi connectivity index (χ1v) is 12.0. The molecule has 0 atom stereocenters. The van der Waals surface area contributed by atoms with Gasteiger partial charge in [0.25, 0.3) is 0 Å². The van der Waals surface area contributed by atoms with E-state index in [2.05, 4.69) is 0 Å². The Labute approximate surface area is 211 Å². The maximum Gasteiger partial charge on any atom is 0.309 e. The van der Waals surface area contributed by atoms with E-state index >= 15 is 0 Å². The first-order chi connectivity index (χ1) is 16.3. The first-order valence-electron chi connectivity index (χ1n) is 11.7. The second-order valence-electron chi connectivity index (χ2n) is 10.3. The van der Waals surface area contributed by atoms with Gasteiger partial charge in [-0.05, 0) is 59.7 Å². The van der Waals surface area contributed by atoms with Gasteiger partial charge in [0, 0.05) is 26.6 Å². The van der Waals surface area contributed by atoms with E-state index in [-0.39, 0.29) is 38.0 Å². The summed E-state index contributed by atoms with van der Waals surface area (Å²) in [6.45, 7) is 11.3. The number of benzene rings is 3. The third kappa shape index (κ3) is 7.49. The molecule has 0 amide bonds. The van der Waals surface area contributed by atoms with Gasteiger partial charge in [0.15, 0.2) is 0 Å². The van der Waals surface area contributed by atoms with Crippen LogP contribution in [0.25, 0.3) is 21.5 Å². The molecule has 0 heterocycles. The molecule has 0 aliphatic heterocycles. The highest BCUT2D eigenvalue weighted by atomic mass is 35.5. The van der Waals surface area contributed by atoms with Crippen LogP contribution in [-0.4, -0.2) is 36.4 Å². The van der Waals surface area contributed by atoms with Gasteiger partial charge in [-0.25, -0.2) is 0 Å². The van der Waals surface area contributed by atoms with Crippen molar-refractivity contribution in [3.8, 4) is 11.5 Å². The van der Waals surface area contributed by atoms with Crippen molar-refractivity contribution in [2.45, 2.75) is 65.6 Å². The van der Waals surface area contributed by atoms with Gasteiger partial charge < -0.3 is 18.9 Å². The number of carbonyl (C=O) groups excluding carboxylic acids is 2. The fourth-order valence-corrected chi connectivity index (χ4v) is 3.81. The molecule has 3 aromatic carbocycles. The molecule has 7 heteroatoms. The van der Waals surface area contributed by atoms with Crippen molar-refractivity contribution in [2.24, 2.45) is 0 Å². The Balaban J connectivity index is 1.91. The second-order valence-corrected chi connectivity index (χ2v) is 10.7. The van der Waals surface area contributed by atoms with Crippen LogP contribution in [0.15, 0.2) is 42.5 Å². The minimum absolute atomic E-state index is 0.113. The van der Waals surface area contributed by atoms with Crippen molar-refractivity contribution in [3.63, 3.8) is 0 Å². The van der Waals surface area contributed by atoms with Gasteiger partial charge in [-0.2, -0.15) is 0 Å². The predicted octanol–water partition coefficient (Wildman–Crippen LogP) is 6.87. The normalized spacial score (nSPS) is 12.0. The third-order valence-electron chi connectivity index (χ3n) is 4.83. The van der Waals surface area contributed by atoms with Crippen molar-refractivity contribution in [1.82, 2.24) is 0 Å². The number of esters is 2. The lowest BCUT2D eigenvalue weighted by atomic mass is 10.0. The van der Waals surface area contributed by atoms with E-state index in [1.165, 1.54) is 0 Å². The van der Waals surface area contributed by atoms with E-state index < -0.39 is 11.2 Å². The lowest BCUT2D eigenvalue weighted by molar-refractivity contribution is -0.156. The molecular formula is C28H33ClO6. The molecule has 3 aromatic rings. The van der Waals surface area contributed by atoms with E-state index in [9.17, 15) is 9.59 Å². The largest absolute Gasteiger partial charge is 0.492 e. The average Bonchev–Trinajstić information content (AvgIpc) is 2.72. The lowest BCUT2D eigenvalue weighted by Gasteiger charge is -2.21. The molecule has 6 nitrogen and oxygen atoms in total. The highest BCUT2D eigenvalue weighted by molar-refractivity contribution is 6.31. The average molecular weight is 501 g/mol. The van der Waals surface area contributed by atoms with E-state index in [1.807, 2.05) is 77.9 Å². The molecule has 35 heavy (non-hydrogen) atoms. The number of rotatable bonds is 8. The monoisotopic (exact) mass is 500 g/mol. The van der Waals surface area contributed by atoms with Gasteiger partial charge in [-0.3, -0.25) is 9.59 Å². The molecule has 0 saturated carbocycles. The Hall–Kier alpha value is -2.99. The van der Waals surface area contributed by atoms with E-state index in [4.69, 9.17) is 30.5 Å². The maximum absolute atomic E-state index is 12.2. The fraction of sp³-hybridized carbons (Fsp3) is 0.429. The molecule has 0 aliphatic rings. The molecule has 0 fully saturated rings. The van der Waals surface area contributed by atoms with Crippen LogP contribution >= 0.6 is 11.6 Å². The van der Waals surface area contributed by atoms with Crippen molar-refractivity contribution < 1.29 is 28.5 Å².